The van der Waals surface area contributed by atoms with E-state index in [0.717, 1.165) is 17.5 Å². The van der Waals surface area contributed by atoms with Crippen molar-refractivity contribution in [2.24, 2.45) is 11.6 Å². The van der Waals surface area contributed by atoms with Crippen LogP contribution in [0, 0.1) is 6.92 Å². The monoisotopic (exact) mass is 335 g/mol. The Morgan fingerprint density at radius 1 is 1.33 bits per heavy atom. The summed E-state index contributed by atoms with van der Waals surface area (Å²) in [6, 6.07) is 5.93. The quantitative estimate of drug-likeness (QED) is 0.622. The molecule has 0 unspecified atom stereocenters. The Morgan fingerprint density at radius 2 is 2.00 bits per heavy atom. The minimum atomic E-state index is -2.95. The molecule has 0 amide bonds. The van der Waals surface area contributed by atoms with Crippen molar-refractivity contribution in [3.8, 4) is 6.01 Å². The summed E-state index contributed by atoms with van der Waals surface area (Å²) in [5.41, 5.74) is 7.27. The summed E-state index contributed by atoms with van der Waals surface area (Å²) in [6.45, 7) is 2.70. The van der Waals surface area contributed by atoms with Gasteiger partial charge >= 0.3 is 6.01 Å². The molecule has 4 N–H and O–H groups in total. The van der Waals surface area contributed by atoms with Gasteiger partial charge in [0, 0.05) is 31.1 Å². The Labute approximate surface area is 138 Å². The molecular weight excluding hydrogens is 316 g/mol. The van der Waals surface area contributed by atoms with E-state index < -0.39 is 5.92 Å². The van der Waals surface area contributed by atoms with Crippen molar-refractivity contribution >= 4 is 5.69 Å². The highest BCUT2D eigenvalue weighted by atomic mass is 19.3. The molecule has 8 heteroatoms. The fourth-order valence-electron chi connectivity index (χ4n) is 1.83. The van der Waals surface area contributed by atoms with Crippen LogP contribution < -0.4 is 21.3 Å². The van der Waals surface area contributed by atoms with Crippen LogP contribution in [-0.4, -0.2) is 16.6 Å². The first kappa shape index (κ1) is 17.6. The van der Waals surface area contributed by atoms with Crippen LogP contribution in [0.2, 0.25) is 0 Å². The molecule has 0 fully saturated rings. The van der Waals surface area contributed by atoms with E-state index in [4.69, 9.17) is 16.3 Å². The molecular formula is C16H19F2N5O. The number of nitrogens with two attached hydrogens (primary N) is 2. The maximum atomic E-state index is 13.4. The van der Waals surface area contributed by atoms with Crippen molar-refractivity contribution < 1.29 is 13.5 Å². The fraction of sp³-hybridized carbons (Fsp3) is 0.250. The van der Waals surface area contributed by atoms with Gasteiger partial charge in [0.05, 0.1) is 11.4 Å². The van der Waals surface area contributed by atoms with E-state index in [-0.39, 0.29) is 23.9 Å². The third-order valence-electron chi connectivity index (χ3n) is 3.08. The number of nitrogens with zero attached hydrogens (tertiary/aromatic N) is 3. The Kier molecular flexibility index (Phi) is 5.30. The van der Waals surface area contributed by atoms with Gasteiger partial charge in [0.1, 0.15) is 6.61 Å². The molecule has 24 heavy (non-hydrogen) atoms. The molecule has 2 rings (SSSR count). The number of ether oxygens (including phenoxy) is 1. The average Bonchev–Trinajstić information content (AvgIpc) is 2.53. The topological polar surface area (TPSA) is 90.3 Å². The molecule has 2 aromatic rings. The summed E-state index contributed by atoms with van der Waals surface area (Å²) in [6.07, 6.45) is 4.63. The van der Waals surface area contributed by atoms with Crippen molar-refractivity contribution in [1.82, 2.24) is 9.97 Å². The molecule has 0 saturated heterocycles. The number of aromatic nitrogens is 2. The summed E-state index contributed by atoms with van der Waals surface area (Å²) in [5, 5.41) is 1.16. The van der Waals surface area contributed by atoms with Gasteiger partial charge in [-0.3, -0.25) is 5.01 Å². The van der Waals surface area contributed by atoms with Crippen molar-refractivity contribution in [1.29, 1.82) is 0 Å². The fourth-order valence-corrected chi connectivity index (χ4v) is 1.83. The molecule has 128 valence electrons. The van der Waals surface area contributed by atoms with Crippen molar-refractivity contribution in [3.63, 3.8) is 0 Å². The van der Waals surface area contributed by atoms with Gasteiger partial charge < -0.3 is 10.5 Å². The van der Waals surface area contributed by atoms with E-state index in [0.29, 0.717) is 5.69 Å². The maximum absolute atomic E-state index is 13.4. The Bertz CT molecular complexity index is 713. The molecule has 0 aliphatic rings. The zero-order valence-electron chi connectivity index (χ0n) is 13.4. The van der Waals surface area contributed by atoms with Crippen molar-refractivity contribution in [2.75, 3.05) is 11.6 Å². The number of hydrazine groups is 1. The van der Waals surface area contributed by atoms with E-state index in [1.165, 1.54) is 24.4 Å². The third-order valence-corrected chi connectivity index (χ3v) is 3.08. The van der Waals surface area contributed by atoms with Crippen LogP contribution in [-0.2, 0) is 5.92 Å². The minimum absolute atomic E-state index is 0.0143. The second-order valence-corrected chi connectivity index (χ2v) is 5.38. The highest BCUT2D eigenvalue weighted by Crippen LogP contribution is 2.29. The first-order chi connectivity index (χ1) is 11.3. The summed E-state index contributed by atoms with van der Waals surface area (Å²) >= 11 is 0. The predicted molar refractivity (Wildman–Crippen MR) is 87.2 cm³/mol. The van der Waals surface area contributed by atoms with E-state index in [9.17, 15) is 8.78 Å². The molecule has 6 nitrogen and oxygen atoms in total. The van der Waals surface area contributed by atoms with Gasteiger partial charge in [-0.25, -0.2) is 24.6 Å². The second kappa shape index (κ2) is 7.22. The Balaban J connectivity index is 2.02. The number of alkyl halides is 2. The Hall–Kier alpha value is -2.74. The van der Waals surface area contributed by atoms with Gasteiger partial charge in [-0.05, 0) is 24.6 Å². The van der Waals surface area contributed by atoms with Gasteiger partial charge in [0.2, 0.25) is 0 Å². The lowest BCUT2D eigenvalue weighted by molar-refractivity contribution is 0.0175. The average molecular weight is 335 g/mol. The summed E-state index contributed by atoms with van der Waals surface area (Å²) < 4.78 is 32.0. The first-order valence-electron chi connectivity index (χ1n) is 7.15. The summed E-state index contributed by atoms with van der Waals surface area (Å²) in [5.74, 6) is 2.90. The lowest BCUT2D eigenvalue weighted by Gasteiger charge is -2.18. The second-order valence-electron chi connectivity index (χ2n) is 5.38. The molecule has 0 aliphatic carbocycles. The molecule has 0 bridgehead atoms. The number of halogens is 2. The number of hydrogen-bond acceptors (Lipinski definition) is 6. The zero-order valence-corrected chi connectivity index (χ0v) is 13.4. The van der Waals surface area contributed by atoms with Crippen molar-refractivity contribution in [3.05, 3.63) is 59.7 Å². The highest BCUT2D eigenvalue weighted by molar-refractivity contribution is 5.50. The lowest BCUT2D eigenvalue weighted by atomic mass is 10.1. The number of benzene rings is 1. The standard InChI is InChI=1S/C16H19F2N5O/c1-11-7-21-15(22-8-11)24-10-13(19)9-23(20)14-5-3-4-12(6-14)16(2,17)18/h3-9H,10,19-20H2,1-2H3/b13-9-. The van der Waals surface area contributed by atoms with Crippen molar-refractivity contribution in [2.45, 2.75) is 19.8 Å². The lowest BCUT2D eigenvalue weighted by Crippen LogP contribution is -2.27. The summed E-state index contributed by atoms with van der Waals surface area (Å²) in [7, 11) is 0. The molecule has 0 spiro atoms. The number of rotatable bonds is 6. The van der Waals surface area contributed by atoms with Crippen LogP contribution in [0.4, 0.5) is 14.5 Å². The normalized spacial score (nSPS) is 12.1. The Morgan fingerprint density at radius 3 is 2.62 bits per heavy atom. The van der Waals surface area contributed by atoms with E-state index in [1.54, 1.807) is 18.5 Å². The van der Waals surface area contributed by atoms with Crippen LogP contribution in [0.15, 0.2) is 48.6 Å². The number of aryl methyl sites for hydroxylation is 1. The number of anilines is 1. The van der Waals surface area contributed by atoms with Crippen LogP contribution in [0.3, 0.4) is 0 Å². The molecule has 0 atom stereocenters. The smallest absolute Gasteiger partial charge is 0.316 e. The van der Waals surface area contributed by atoms with Crippen LogP contribution in [0.1, 0.15) is 18.1 Å². The minimum Gasteiger partial charge on any atom is -0.457 e. The molecule has 0 saturated carbocycles. The summed E-state index contributed by atoms with van der Waals surface area (Å²) in [4.78, 5) is 7.96. The molecule has 1 aromatic heterocycles. The maximum Gasteiger partial charge on any atom is 0.316 e. The zero-order chi connectivity index (χ0) is 17.7. The molecule has 0 radical (unpaired) electrons. The van der Waals surface area contributed by atoms with E-state index in [2.05, 4.69) is 9.97 Å². The van der Waals surface area contributed by atoms with Gasteiger partial charge in [0.25, 0.3) is 5.92 Å². The number of hydrogen-bond donors (Lipinski definition) is 2. The molecule has 1 aromatic carbocycles. The van der Waals surface area contributed by atoms with E-state index >= 15 is 0 Å². The van der Waals surface area contributed by atoms with Crippen LogP contribution in [0.5, 0.6) is 6.01 Å². The largest absolute Gasteiger partial charge is 0.457 e. The van der Waals surface area contributed by atoms with Gasteiger partial charge in [-0.15, -0.1) is 0 Å². The van der Waals surface area contributed by atoms with Gasteiger partial charge in [-0.1, -0.05) is 12.1 Å². The van der Waals surface area contributed by atoms with E-state index in [1.807, 2.05) is 6.92 Å². The SMILES string of the molecule is Cc1cnc(OC/C(N)=C/N(N)c2cccc(C(C)(F)F)c2)nc1. The molecule has 0 aliphatic heterocycles. The first-order valence-corrected chi connectivity index (χ1v) is 7.15. The van der Waals surface area contributed by atoms with Crippen LogP contribution >= 0.6 is 0 Å². The van der Waals surface area contributed by atoms with Gasteiger partial charge in [-0.2, -0.15) is 0 Å². The van der Waals surface area contributed by atoms with Crippen LogP contribution in [0.25, 0.3) is 0 Å². The predicted octanol–water partition coefficient (Wildman–Crippen LogP) is 2.46. The van der Waals surface area contributed by atoms with Gasteiger partial charge in [0.15, 0.2) is 0 Å². The third kappa shape index (κ3) is 4.88. The highest BCUT2D eigenvalue weighted by Gasteiger charge is 2.24. The molecule has 1 heterocycles.